The Morgan fingerprint density at radius 2 is 1.90 bits per heavy atom. The first-order chi connectivity index (χ1) is 9.31. The maximum Gasteiger partial charge on any atom is 0.244 e. The lowest BCUT2D eigenvalue weighted by molar-refractivity contribution is 0.281. The third-order valence-electron chi connectivity index (χ3n) is 3.29. The van der Waals surface area contributed by atoms with Crippen molar-refractivity contribution in [3.63, 3.8) is 0 Å². The van der Waals surface area contributed by atoms with Gasteiger partial charge in [0.05, 0.1) is 11.6 Å². The lowest BCUT2D eigenvalue weighted by Gasteiger charge is -2.27. The Kier molecular flexibility index (Phi) is 6.28. The predicted octanol–water partition coefficient (Wildman–Crippen LogP) is 3.29. The van der Waals surface area contributed by atoms with E-state index in [0.29, 0.717) is 13.0 Å². The summed E-state index contributed by atoms with van der Waals surface area (Å²) >= 11 is 12.0. The van der Waals surface area contributed by atoms with Crippen LogP contribution < -0.4 is 0 Å². The Balaban J connectivity index is 3.43. The van der Waals surface area contributed by atoms with E-state index in [0.717, 1.165) is 0 Å². The van der Waals surface area contributed by atoms with E-state index in [4.69, 9.17) is 23.2 Å². The average molecular weight is 340 g/mol. The number of hydrogen-bond acceptors (Lipinski definition) is 3. The van der Waals surface area contributed by atoms with Crippen molar-refractivity contribution in [3.8, 4) is 0 Å². The Bertz CT molecular complexity index is 575. The molecule has 1 aromatic carbocycles. The fraction of sp³-hybridized carbons (Fsp3) is 0.538. The van der Waals surface area contributed by atoms with Crippen LogP contribution in [0.5, 0.6) is 0 Å². The maximum absolute atomic E-state index is 12.7. The van der Waals surface area contributed by atoms with Gasteiger partial charge in [-0.05, 0) is 25.5 Å². The van der Waals surface area contributed by atoms with Crippen molar-refractivity contribution >= 4 is 33.2 Å². The van der Waals surface area contributed by atoms with Gasteiger partial charge in [0, 0.05) is 23.2 Å². The molecule has 0 saturated heterocycles. The Labute approximate surface area is 130 Å². The fourth-order valence-electron chi connectivity index (χ4n) is 1.97. The van der Waals surface area contributed by atoms with Crippen LogP contribution in [0.1, 0.15) is 32.8 Å². The molecule has 0 spiro atoms. The third-order valence-corrected chi connectivity index (χ3v) is 6.32. The smallest absolute Gasteiger partial charge is 0.244 e. The maximum atomic E-state index is 12.7. The van der Waals surface area contributed by atoms with Gasteiger partial charge in [-0.2, -0.15) is 4.31 Å². The van der Waals surface area contributed by atoms with E-state index in [9.17, 15) is 13.5 Å². The van der Waals surface area contributed by atoms with E-state index in [1.165, 1.54) is 16.4 Å². The molecular weight excluding hydrogens is 321 g/mol. The van der Waals surface area contributed by atoms with Crippen LogP contribution in [-0.4, -0.2) is 30.4 Å². The predicted molar refractivity (Wildman–Crippen MR) is 81.7 cm³/mol. The van der Waals surface area contributed by atoms with Crippen LogP contribution >= 0.6 is 23.2 Å². The molecule has 20 heavy (non-hydrogen) atoms. The van der Waals surface area contributed by atoms with Gasteiger partial charge in [0.1, 0.15) is 4.90 Å². The number of sulfonamides is 1. The minimum absolute atomic E-state index is 0.0123. The molecule has 0 aromatic heterocycles. The Hall–Kier alpha value is -0.330. The van der Waals surface area contributed by atoms with Gasteiger partial charge in [-0.25, -0.2) is 8.42 Å². The van der Waals surface area contributed by atoms with Crippen molar-refractivity contribution < 1.29 is 13.5 Å². The highest BCUT2D eigenvalue weighted by atomic mass is 35.5. The van der Waals surface area contributed by atoms with Crippen LogP contribution in [0.2, 0.25) is 10.0 Å². The zero-order valence-electron chi connectivity index (χ0n) is 11.7. The molecule has 4 nitrogen and oxygen atoms in total. The molecule has 1 unspecified atom stereocenters. The average Bonchev–Trinajstić information content (AvgIpc) is 2.39. The van der Waals surface area contributed by atoms with Crippen LogP contribution in [0.25, 0.3) is 0 Å². The molecule has 7 heteroatoms. The molecule has 1 atom stereocenters. The molecule has 1 N–H and O–H groups in total. The molecule has 1 rings (SSSR count). The molecule has 0 amide bonds. The van der Waals surface area contributed by atoms with Gasteiger partial charge in [0.15, 0.2) is 0 Å². The van der Waals surface area contributed by atoms with Crippen molar-refractivity contribution in [1.29, 1.82) is 0 Å². The standard InChI is InChI=1S/C13H19Cl2NO3S/c1-4-9(3)16(5-2)20(18,19)12-7-6-11(14)10(8-17)13(12)15/h6-7,9,17H,4-5,8H2,1-3H3. The molecule has 0 saturated carbocycles. The summed E-state index contributed by atoms with van der Waals surface area (Å²) in [6, 6.07) is 2.69. The molecule has 0 fully saturated rings. The normalized spacial score (nSPS) is 13.8. The van der Waals surface area contributed by atoms with Gasteiger partial charge in [-0.1, -0.05) is 37.0 Å². The summed E-state index contributed by atoms with van der Waals surface area (Å²) in [5.74, 6) is 0. The quantitative estimate of drug-likeness (QED) is 0.864. The SMILES string of the molecule is CCC(C)N(CC)S(=O)(=O)c1ccc(Cl)c(CO)c1Cl. The Morgan fingerprint density at radius 3 is 2.35 bits per heavy atom. The van der Waals surface area contributed by atoms with Crippen LogP contribution in [0.3, 0.4) is 0 Å². The topological polar surface area (TPSA) is 57.6 Å². The monoisotopic (exact) mass is 339 g/mol. The number of halogens is 2. The van der Waals surface area contributed by atoms with Gasteiger partial charge in [0.25, 0.3) is 0 Å². The summed E-state index contributed by atoms with van der Waals surface area (Å²) in [5, 5.41) is 9.50. The number of nitrogens with zero attached hydrogens (tertiary/aromatic N) is 1. The van der Waals surface area contributed by atoms with Crippen LogP contribution in [-0.2, 0) is 16.6 Å². The highest BCUT2D eigenvalue weighted by Gasteiger charge is 2.30. The van der Waals surface area contributed by atoms with Crippen molar-refractivity contribution in [1.82, 2.24) is 4.31 Å². The van der Waals surface area contributed by atoms with Crippen LogP contribution in [0.4, 0.5) is 0 Å². The molecule has 114 valence electrons. The molecule has 0 aliphatic heterocycles. The second kappa shape index (κ2) is 7.09. The van der Waals surface area contributed by atoms with E-state index in [2.05, 4.69) is 0 Å². The Morgan fingerprint density at radius 1 is 1.30 bits per heavy atom. The summed E-state index contributed by atoms with van der Waals surface area (Å²) in [6.07, 6.45) is 0.700. The zero-order chi connectivity index (χ0) is 15.5. The van der Waals surface area contributed by atoms with Crippen molar-refractivity contribution in [2.24, 2.45) is 0 Å². The highest BCUT2D eigenvalue weighted by Crippen LogP contribution is 2.33. The number of aliphatic hydroxyl groups is 1. The minimum Gasteiger partial charge on any atom is -0.392 e. The van der Waals surface area contributed by atoms with E-state index in [1.54, 1.807) is 6.92 Å². The lowest BCUT2D eigenvalue weighted by atomic mass is 10.2. The lowest BCUT2D eigenvalue weighted by Crippen LogP contribution is -2.38. The second-order valence-corrected chi connectivity index (χ2v) is 7.11. The number of benzene rings is 1. The number of aliphatic hydroxyl groups excluding tert-OH is 1. The third kappa shape index (κ3) is 3.28. The molecular formula is C13H19Cl2NO3S. The van der Waals surface area contributed by atoms with E-state index >= 15 is 0 Å². The fourth-order valence-corrected chi connectivity index (χ4v) is 4.56. The molecule has 0 bridgehead atoms. The first-order valence-electron chi connectivity index (χ1n) is 6.40. The van der Waals surface area contributed by atoms with Crippen LogP contribution in [0.15, 0.2) is 17.0 Å². The molecule has 0 aliphatic rings. The van der Waals surface area contributed by atoms with Crippen LogP contribution in [0, 0.1) is 0 Å². The molecule has 0 heterocycles. The van der Waals surface area contributed by atoms with Gasteiger partial charge in [-0.15, -0.1) is 0 Å². The van der Waals surface area contributed by atoms with Crippen molar-refractivity contribution in [2.45, 2.75) is 44.7 Å². The zero-order valence-corrected chi connectivity index (χ0v) is 14.1. The largest absolute Gasteiger partial charge is 0.392 e. The molecule has 0 aliphatic carbocycles. The van der Waals surface area contributed by atoms with E-state index < -0.39 is 16.6 Å². The van der Waals surface area contributed by atoms with Crippen molar-refractivity contribution in [2.75, 3.05) is 6.54 Å². The molecule has 0 radical (unpaired) electrons. The van der Waals surface area contributed by atoms with E-state index in [-0.39, 0.29) is 26.5 Å². The van der Waals surface area contributed by atoms with Gasteiger partial charge in [-0.3, -0.25) is 0 Å². The summed E-state index contributed by atoms with van der Waals surface area (Å²) in [7, 11) is -3.71. The van der Waals surface area contributed by atoms with Gasteiger partial charge < -0.3 is 5.11 Å². The summed E-state index contributed by atoms with van der Waals surface area (Å²) in [4.78, 5) is -0.0187. The first-order valence-corrected chi connectivity index (χ1v) is 8.60. The van der Waals surface area contributed by atoms with Gasteiger partial charge in [0.2, 0.25) is 10.0 Å². The van der Waals surface area contributed by atoms with E-state index in [1.807, 2.05) is 13.8 Å². The summed E-state index contributed by atoms with van der Waals surface area (Å²) in [6.45, 7) is 5.49. The minimum atomic E-state index is -3.71. The molecule has 1 aromatic rings. The summed E-state index contributed by atoms with van der Waals surface area (Å²) < 4.78 is 26.8. The number of rotatable bonds is 6. The first kappa shape index (κ1) is 17.7. The van der Waals surface area contributed by atoms with Crippen molar-refractivity contribution in [3.05, 3.63) is 27.7 Å². The second-order valence-electron chi connectivity index (χ2n) is 4.46. The number of hydrogen-bond donors (Lipinski definition) is 1. The summed E-state index contributed by atoms with van der Waals surface area (Å²) in [5.41, 5.74) is 0.231. The van der Waals surface area contributed by atoms with Gasteiger partial charge >= 0.3 is 0 Å². The highest BCUT2D eigenvalue weighted by molar-refractivity contribution is 7.89.